The second-order valence-electron chi connectivity index (χ2n) is 8.19. The fourth-order valence-electron chi connectivity index (χ4n) is 4.53. The number of hydrogen-bond donors (Lipinski definition) is 0. The molecular weight excluding hydrogens is 457 g/mol. The Morgan fingerprint density at radius 1 is 1.09 bits per heavy atom. The van der Waals surface area contributed by atoms with Crippen LogP contribution < -0.4 is 14.4 Å². The number of para-hydroxylation sites is 2. The van der Waals surface area contributed by atoms with Crippen LogP contribution in [-0.4, -0.2) is 36.2 Å². The molecule has 4 aromatic rings. The average molecular weight is 480 g/mol. The number of benzene rings is 3. The third-order valence-corrected chi connectivity index (χ3v) is 6.58. The summed E-state index contributed by atoms with van der Waals surface area (Å²) in [6, 6.07) is 17.7. The van der Waals surface area contributed by atoms with Crippen molar-refractivity contribution in [3.8, 4) is 11.5 Å². The molecule has 0 saturated carbocycles. The minimum atomic E-state index is -0.374. The summed E-state index contributed by atoms with van der Waals surface area (Å²) < 4.78 is 27.5. The highest BCUT2D eigenvalue weighted by Crippen LogP contribution is 2.39. The Kier molecular flexibility index (Phi) is 5.87. The van der Waals surface area contributed by atoms with Crippen LogP contribution in [0, 0.1) is 5.82 Å². The summed E-state index contributed by atoms with van der Waals surface area (Å²) in [6.07, 6.45) is 0.273. The van der Waals surface area contributed by atoms with Crippen molar-refractivity contribution in [2.75, 3.05) is 25.7 Å². The number of amides is 1. The Labute approximate surface area is 201 Å². The van der Waals surface area contributed by atoms with E-state index in [2.05, 4.69) is 0 Å². The van der Waals surface area contributed by atoms with Crippen molar-refractivity contribution in [1.82, 2.24) is 9.55 Å². The van der Waals surface area contributed by atoms with Crippen LogP contribution in [0.3, 0.4) is 0 Å². The predicted octanol–water partition coefficient (Wildman–Crippen LogP) is 5.41. The van der Waals surface area contributed by atoms with E-state index < -0.39 is 0 Å². The zero-order valence-electron chi connectivity index (χ0n) is 18.8. The maximum Gasteiger partial charge on any atom is 0.227 e. The zero-order valence-corrected chi connectivity index (χ0v) is 19.6. The van der Waals surface area contributed by atoms with Crippen LogP contribution in [0.1, 0.15) is 23.7 Å². The lowest BCUT2D eigenvalue weighted by Crippen LogP contribution is -2.25. The quantitative estimate of drug-likeness (QED) is 0.371. The number of ether oxygens (including phenoxy) is 2. The van der Waals surface area contributed by atoms with Crippen molar-refractivity contribution in [3.63, 3.8) is 0 Å². The first-order valence-corrected chi connectivity index (χ1v) is 11.3. The highest BCUT2D eigenvalue weighted by atomic mass is 35.5. The lowest BCUT2D eigenvalue weighted by atomic mass is 10.1. The van der Waals surface area contributed by atoms with Crippen molar-refractivity contribution in [2.24, 2.45) is 0 Å². The third kappa shape index (κ3) is 3.86. The molecule has 1 atom stereocenters. The van der Waals surface area contributed by atoms with Crippen LogP contribution in [0.4, 0.5) is 10.1 Å². The molecule has 0 spiro atoms. The molecular formula is C26H23ClFN3O3. The fraction of sp³-hybridized carbons (Fsp3) is 0.231. The molecule has 0 radical (unpaired) electrons. The number of aromatic nitrogens is 2. The predicted molar refractivity (Wildman–Crippen MR) is 130 cm³/mol. The van der Waals surface area contributed by atoms with Crippen molar-refractivity contribution in [2.45, 2.75) is 18.9 Å². The molecule has 0 bridgehead atoms. The van der Waals surface area contributed by atoms with Crippen molar-refractivity contribution in [1.29, 1.82) is 0 Å². The summed E-state index contributed by atoms with van der Waals surface area (Å²) in [5, 5.41) is 0.356. The van der Waals surface area contributed by atoms with E-state index in [9.17, 15) is 9.18 Å². The highest BCUT2D eigenvalue weighted by molar-refractivity contribution is 6.31. The number of hydrogen-bond acceptors (Lipinski definition) is 4. The van der Waals surface area contributed by atoms with Gasteiger partial charge in [0.2, 0.25) is 5.91 Å². The van der Waals surface area contributed by atoms with Gasteiger partial charge in [-0.05, 0) is 36.4 Å². The molecule has 174 valence electrons. The average Bonchev–Trinajstić information content (AvgIpc) is 3.41. The molecule has 1 fully saturated rings. The molecule has 5 rings (SSSR count). The van der Waals surface area contributed by atoms with Gasteiger partial charge in [-0.25, -0.2) is 9.37 Å². The number of anilines is 1. The molecule has 0 N–H and O–H groups in total. The smallest absolute Gasteiger partial charge is 0.227 e. The number of halogens is 2. The van der Waals surface area contributed by atoms with Gasteiger partial charge < -0.3 is 18.9 Å². The van der Waals surface area contributed by atoms with Gasteiger partial charge in [0.25, 0.3) is 0 Å². The molecule has 0 unspecified atom stereocenters. The van der Waals surface area contributed by atoms with Gasteiger partial charge in [-0.2, -0.15) is 0 Å². The van der Waals surface area contributed by atoms with Crippen LogP contribution in [0.15, 0.2) is 60.7 Å². The van der Waals surface area contributed by atoms with Crippen molar-refractivity contribution < 1.29 is 18.7 Å². The van der Waals surface area contributed by atoms with Crippen LogP contribution in [-0.2, 0) is 11.3 Å². The van der Waals surface area contributed by atoms with Crippen LogP contribution in [0.2, 0.25) is 5.02 Å². The largest absolute Gasteiger partial charge is 0.497 e. The number of fused-ring (bicyclic) bond motifs is 1. The number of carbonyl (C=O) groups is 1. The van der Waals surface area contributed by atoms with Gasteiger partial charge in [0, 0.05) is 35.5 Å². The topological polar surface area (TPSA) is 56.6 Å². The molecule has 1 aliphatic rings. The summed E-state index contributed by atoms with van der Waals surface area (Å²) in [5.41, 5.74) is 2.69. The van der Waals surface area contributed by atoms with Crippen LogP contribution in [0.5, 0.6) is 11.5 Å². The maximum absolute atomic E-state index is 14.6. The summed E-state index contributed by atoms with van der Waals surface area (Å²) in [5.74, 6) is 1.33. The van der Waals surface area contributed by atoms with E-state index in [0.29, 0.717) is 34.3 Å². The fourth-order valence-corrected chi connectivity index (χ4v) is 4.76. The van der Waals surface area contributed by atoms with Crippen LogP contribution >= 0.6 is 11.6 Å². The molecule has 1 saturated heterocycles. The monoisotopic (exact) mass is 479 g/mol. The Bertz CT molecular complexity index is 1370. The number of imidazole rings is 1. The Morgan fingerprint density at radius 2 is 1.91 bits per heavy atom. The van der Waals surface area contributed by atoms with E-state index in [1.165, 1.54) is 6.07 Å². The lowest BCUT2D eigenvalue weighted by Gasteiger charge is -2.20. The molecule has 1 aromatic heterocycles. The lowest BCUT2D eigenvalue weighted by molar-refractivity contribution is -0.117. The standard InChI is InChI=1S/C26H23ClFN3O3/c1-33-17-10-11-24(34-2)23(13-17)30-14-16(12-25(30)32)26-29-21-8-3-4-9-22(21)31(26)15-18-19(27)6-5-7-20(18)28/h3-11,13,16H,12,14-15H2,1-2H3/t16-/m1/s1. The molecule has 1 aliphatic heterocycles. The van der Waals surface area contributed by atoms with E-state index in [1.807, 2.05) is 28.8 Å². The molecule has 8 heteroatoms. The normalized spacial score (nSPS) is 15.8. The minimum Gasteiger partial charge on any atom is -0.497 e. The van der Waals surface area contributed by atoms with Crippen molar-refractivity contribution in [3.05, 3.63) is 82.9 Å². The van der Waals surface area contributed by atoms with Gasteiger partial charge in [0.15, 0.2) is 0 Å². The Balaban J connectivity index is 1.56. The summed E-state index contributed by atoms with van der Waals surface area (Å²) in [7, 11) is 3.15. The maximum atomic E-state index is 14.6. The van der Waals surface area contributed by atoms with Gasteiger partial charge in [-0.1, -0.05) is 29.8 Å². The third-order valence-electron chi connectivity index (χ3n) is 6.23. The minimum absolute atomic E-state index is 0.0425. The van der Waals surface area contributed by atoms with Crippen LogP contribution in [0.25, 0.3) is 11.0 Å². The van der Waals surface area contributed by atoms with E-state index >= 15 is 0 Å². The van der Waals surface area contributed by atoms with Gasteiger partial charge in [0.1, 0.15) is 23.1 Å². The van der Waals surface area contributed by atoms with Gasteiger partial charge in [0.05, 0.1) is 37.5 Å². The SMILES string of the molecule is COc1ccc(OC)c(N2C[C@H](c3nc4ccccc4n3Cc3c(F)cccc3Cl)CC2=O)c1. The number of nitrogens with zero attached hydrogens (tertiary/aromatic N) is 3. The Hall–Kier alpha value is -3.58. The van der Waals surface area contributed by atoms with E-state index in [4.69, 9.17) is 26.1 Å². The highest BCUT2D eigenvalue weighted by Gasteiger charge is 2.36. The number of methoxy groups -OCH3 is 2. The molecule has 6 nitrogen and oxygen atoms in total. The van der Waals surface area contributed by atoms with Gasteiger partial charge >= 0.3 is 0 Å². The number of carbonyl (C=O) groups excluding carboxylic acids is 1. The molecule has 0 aliphatic carbocycles. The summed E-state index contributed by atoms with van der Waals surface area (Å²) in [4.78, 5) is 19.7. The molecule has 34 heavy (non-hydrogen) atoms. The second kappa shape index (κ2) is 8.99. The first kappa shape index (κ1) is 22.2. The summed E-state index contributed by atoms with van der Waals surface area (Å²) >= 11 is 6.34. The molecule has 1 amide bonds. The van der Waals surface area contributed by atoms with Crippen molar-refractivity contribution >= 4 is 34.2 Å². The van der Waals surface area contributed by atoms with E-state index in [0.717, 1.165) is 16.9 Å². The second-order valence-corrected chi connectivity index (χ2v) is 8.60. The summed E-state index contributed by atoms with van der Waals surface area (Å²) in [6.45, 7) is 0.630. The van der Waals surface area contributed by atoms with E-state index in [-0.39, 0.29) is 30.6 Å². The first-order chi connectivity index (χ1) is 16.5. The molecule has 3 aromatic carbocycles. The zero-order chi connectivity index (χ0) is 23.8. The van der Waals surface area contributed by atoms with E-state index in [1.54, 1.807) is 49.5 Å². The van der Waals surface area contributed by atoms with Gasteiger partial charge in [-0.3, -0.25) is 4.79 Å². The number of rotatable bonds is 6. The molecule has 2 heterocycles. The van der Waals surface area contributed by atoms with Gasteiger partial charge in [-0.15, -0.1) is 0 Å². The Morgan fingerprint density at radius 3 is 2.68 bits per heavy atom. The first-order valence-electron chi connectivity index (χ1n) is 10.9.